The van der Waals surface area contributed by atoms with Gasteiger partial charge >= 0.3 is 0 Å². The predicted molar refractivity (Wildman–Crippen MR) is 156 cm³/mol. The third-order valence-corrected chi connectivity index (χ3v) is 8.52. The normalized spacial score (nSPS) is 13.5. The number of carbonyl (C=O) groups is 2. The fraction of sp³-hybridized carbons (Fsp3) is 0. The van der Waals surface area contributed by atoms with Gasteiger partial charge < -0.3 is 10.6 Å². The van der Waals surface area contributed by atoms with Crippen LogP contribution in [-0.4, -0.2) is 38.4 Å². The van der Waals surface area contributed by atoms with Crippen LogP contribution in [0.25, 0.3) is 0 Å². The van der Waals surface area contributed by atoms with Crippen molar-refractivity contribution in [3.05, 3.63) is 121 Å². The van der Waals surface area contributed by atoms with Crippen LogP contribution in [0.1, 0.15) is 0 Å². The molecule has 2 heterocycles. The summed E-state index contributed by atoms with van der Waals surface area (Å²) in [5.41, 5.74) is 0.768. The number of nitrogens with one attached hydrogen (secondary N) is 4. The van der Waals surface area contributed by atoms with Gasteiger partial charge in [-0.15, -0.1) is 0 Å². The molecule has 1 aliphatic carbocycles. The number of hydrogen-bond donors (Lipinski definition) is 4. The number of anilines is 4. The Morgan fingerprint density at radius 2 is 0.881 bits per heavy atom. The number of allylic oxidation sites excluding steroid dienone is 2. The molecular formula is C28H22N6O6S2. The monoisotopic (exact) mass is 602 g/mol. The van der Waals surface area contributed by atoms with Crippen LogP contribution in [0, 0.1) is 0 Å². The van der Waals surface area contributed by atoms with Crippen molar-refractivity contribution >= 4 is 54.6 Å². The van der Waals surface area contributed by atoms with E-state index in [1.54, 1.807) is 24.3 Å². The maximum absolute atomic E-state index is 12.7. The van der Waals surface area contributed by atoms with Crippen molar-refractivity contribution in [1.82, 2.24) is 9.97 Å². The summed E-state index contributed by atoms with van der Waals surface area (Å²) in [5.74, 6) is -0.648. The highest BCUT2D eigenvalue weighted by Gasteiger charge is 2.22. The van der Waals surface area contributed by atoms with Gasteiger partial charge in [-0.25, -0.2) is 26.8 Å². The van der Waals surface area contributed by atoms with Crippen LogP contribution in [-0.2, 0) is 29.6 Å². The molecule has 0 radical (unpaired) electrons. The van der Waals surface area contributed by atoms with Crippen LogP contribution < -0.4 is 20.1 Å². The van der Waals surface area contributed by atoms with Gasteiger partial charge in [-0.05, 0) is 72.8 Å². The third-order valence-electron chi connectivity index (χ3n) is 5.78. The number of aromatic nitrogens is 2. The minimum absolute atomic E-state index is 0.00481. The van der Waals surface area contributed by atoms with E-state index in [9.17, 15) is 26.4 Å². The van der Waals surface area contributed by atoms with Gasteiger partial charge in [0.15, 0.2) is 0 Å². The molecule has 5 rings (SSSR count). The van der Waals surface area contributed by atoms with Crippen molar-refractivity contribution < 1.29 is 26.4 Å². The molecule has 42 heavy (non-hydrogen) atoms. The van der Waals surface area contributed by atoms with Crippen LogP contribution in [0.3, 0.4) is 0 Å². The zero-order valence-electron chi connectivity index (χ0n) is 21.6. The summed E-state index contributed by atoms with van der Waals surface area (Å²) in [6, 6.07) is 20.9. The average molecular weight is 603 g/mol. The lowest BCUT2D eigenvalue weighted by Gasteiger charge is -2.16. The molecule has 0 amide bonds. The van der Waals surface area contributed by atoms with Gasteiger partial charge in [0.1, 0.15) is 11.6 Å². The predicted octanol–water partition coefficient (Wildman–Crippen LogP) is 3.52. The van der Waals surface area contributed by atoms with Crippen LogP contribution in [0.5, 0.6) is 0 Å². The molecule has 0 saturated heterocycles. The number of sulfonamides is 2. The summed E-state index contributed by atoms with van der Waals surface area (Å²) in [7, 11) is -7.76. The summed E-state index contributed by atoms with van der Waals surface area (Å²) in [4.78, 5) is 33.3. The molecule has 4 aromatic rings. The molecule has 14 heteroatoms. The highest BCUT2D eigenvalue weighted by Crippen LogP contribution is 2.22. The Bertz CT molecular complexity index is 1770. The number of carbonyl (C=O) groups excluding carboxylic acids is 2. The second-order valence-electron chi connectivity index (χ2n) is 8.78. The lowest BCUT2D eigenvalue weighted by atomic mass is 10.1. The standard InChI is InChI=1S/C28H22N6O6S2/c35-25-18-24(32-20-9-13-22(14-10-20)42(39,40)34-28-6-2-4-16-30-28)26(36)17-23(25)31-19-7-11-21(12-8-19)41(37,38)33-27-5-1-3-15-29-27/h1-18,31-32H,(H,29,33)(H,30,34). The quantitative estimate of drug-likeness (QED) is 0.196. The Morgan fingerprint density at radius 3 is 1.21 bits per heavy atom. The molecular weight excluding hydrogens is 580 g/mol. The minimum Gasteiger partial charge on any atom is -0.352 e. The Labute approximate surface area is 241 Å². The molecule has 0 saturated carbocycles. The number of benzene rings is 2. The highest BCUT2D eigenvalue weighted by atomic mass is 32.2. The molecule has 2 aromatic heterocycles. The van der Waals surface area contributed by atoms with Gasteiger partial charge in [-0.2, -0.15) is 0 Å². The molecule has 0 aliphatic heterocycles. The summed E-state index contributed by atoms with van der Waals surface area (Å²) in [5, 5.41) is 5.66. The second kappa shape index (κ2) is 11.6. The minimum atomic E-state index is -3.88. The first-order chi connectivity index (χ1) is 20.1. The summed E-state index contributed by atoms with van der Waals surface area (Å²) >= 11 is 0. The average Bonchev–Trinajstić information content (AvgIpc) is 2.97. The van der Waals surface area contributed by atoms with Crippen molar-refractivity contribution in [1.29, 1.82) is 0 Å². The van der Waals surface area contributed by atoms with E-state index in [1.807, 2.05) is 0 Å². The van der Waals surface area contributed by atoms with Gasteiger partial charge in [-0.3, -0.25) is 19.0 Å². The third kappa shape index (κ3) is 6.68. The highest BCUT2D eigenvalue weighted by molar-refractivity contribution is 7.93. The summed E-state index contributed by atoms with van der Waals surface area (Å²) in [6.45, 7) is 0. The Balaban J connectivity index is 1.21. The van der Waals surface area contributed by atoms with Crippen molar-refractivity contribution in [3.8, 4) is 0 Å². The molecule has 1 aliphatic rings. The fourth-order valence-corrected chi connectivity index (χ4v) is 5.76. The van der Waals surface area contributed by atoms with E-state index in [1.165, 1.54) is 73.1 Å². The maximum Gasteiger partial charge on any atom is 0.263 e. The van der Waals surface area contributed by atoms with Crippen molar-refractivity contribution in [2.75, 3.05) is 20.1 Å². The van der Waals surface area contributed by atoms with Gasteiger partial charge in [0, 0.05) is 35.9 Å². The molecule has 4 N–H and O–H groups in total. The van der Waals surface area contributed by atoms with E-state index in [0.29, 0.717) is 11.4 Å². The van der Waals surface area contributed by atoms with Crippen molar-refractivity contribution in [2.45, 2.75) is 9.79 Å². The number of ketones is 2. The van der Waals surface area contributed by atoms with Gasteiger partial charge in [0.2, 0.25) is 11.6 Å². The summed E-state index contributed by atoms with van der Waals surface area (Å²) < 4.78 is 55.1. The first-order valence-corrected chi connectivity index (χ1v) is 15.2. The molecule has 0 unspecified atom stereocenters. The maximum atomic E-state index is 12.7. The van der Waals surface area contributed by atoms with E-state index in [0.717, 1.165) is 12.2 Å². The van der Waals surface area contributed by atoms with E-state index >= 15 is 0 Å². The lowest BCUT2D eigenvalue weighted by molar-refractivity contribution is -0.115. The second-order valence-corrected chi connectivity index (χ2v) is 12.1. The topological polar surface area (TPSA) is 176 Å². The van der Waals surface area contributed by atoms with E-state index in [2.05, 4.69) is 30.0 Å². The van der Waals surface area contributed by atoms with Crippen LogP contribution in [0.15, 0.2) is 131 Å². The molecule has 0 spiro atoms. The Kier molecular flexibility index (Phi) is 7.82. The van der Waals surface area contributed by atoms with Gasteiger partial charge in [-0.1, -0.05) is 12.1 Å². The number of rotatable bonds is 10. The molecule has 0 atom stereocenters. The zero-order chi connectivity index (χ0) is 29.7. The number of nitrogens with zero attached hydrogens (tertiary/aromatic N) is 2. The lowest BCUT2D eigenvalue weighted by Crippen LogP contribution is -2.22. The molecule has 212 valence electrons. The Hall–Kier alpha value is -5.34. The van der Waals surface area contributed by atoms with Gasteiger partial charge in [0.25, 0.3) is 20.0 Å². The smallest absolute Gasteiger partial charge is 0.263 e. The SMILES string of the molecule is O=C1C=C(Nc2ccc(S(=O)(=O)Nc3ccccn3)cc2)C(=O)C=C1Nc1ccc(S(=O)(=O)Nc2ccccn2)cc1. The molecule has 0 bridgehead atoms. The van der Waals surface area contributed by atoms with Crippen LogP contribution in [0.2, 0.25) is 0 Å². The van der Waals surface area contributed by atoms with Crippen LogP contribution >= 0.6 is 0 Å². The molecule has 2 aromatic carbocycles. The first-order valence-electron chi connectivity index (χ1n) is 12.2. The van der Waals surface area contributed by atoms with Crippen molar-refractivity contribution in [2.24, 2.45) is 0 Å². The fourth-order valence-electron chi connectivity index (χ4n) is 3.74. The van der Waals surface area contributed by atoms with E-state index in [4.69, 9.17) is 0 Å². The van der Waals surface area contributed by atoms with Crippen LogP contribution in [0.4, 0.5) is 23.0 Å². The van der Waals surface area contributed by atoms with Gasteiger partial charge in [0.05, 0.1) is 21.2 Å². The summed E-state index contributed by atoms with van der Waals surface area (Å²) in [6.07, 6.45) is 5.16. The van der Waals surface area contributed by atoms with E-state index < -0.39 is 31.6 Å². The largest absolute Gasteiger partial charge is 0.352 e. The van der Waals surface area contributed by atoms with E-state index in [-0.39, 0.29) is 32.8 Å². The Morgan fingerprint density at radius 1 is 0.500 bits per heavy atom. The number of hydrogen-bond acceptors (Lipinski definition) is 10. The van der Waals surface area contributed by atoms with Crippen molar-refractivity contribution in [3.63, 3.8) is 0 Å². The molecule has 0 fully saturated rings. The molecule has 12 nitrogen and oxygen atoms in total. The number of pyridine rings is 2. The first kappa shape index (κ1) is 28.2. The zero-order valence-corrected chi connectivity index (χ0v) is 23.2.